The van der Waals surface area contributed by atoms with Crippen LogP contribution in [0.25, 0.3) is 0 Å². The Morgan fingerprint density at radius 2 is 2.00 bits per heavy atom. The molecule has 0 heterocycles. The molecule has 0 fully saturated rings. The second kappa shape index (κ2) is 5.16. The van der Waals surface area contributed by atoms with Gasteiger partial charge >= 0.3 is 11.9 Å². The number of hydrogen-bond donors (Lipinski definition) is 2. The molecular formula is C6H7NO4. The summed E-state index contributed by atoms with van der Waals surface area (Å²) in [5, 5.41) is 16.1. The first kappa shape index (κ1) is 9.35. The number of carbonyl (C=O) groups is 2. The SMILES string of the molecule is O=C(O)C=CN=CCC(=O)O. The zero-order valence-corrected chi connectivity index (χ0v) is 5.60. The van der Waals surface area contributed by atoms with Crippen molar-refractivity contribution < 1.29 is 19.8 Å². The number of carboxylic acid groups (broad SMARTS) is 2. The van der Waals surface area contributed by atoms with Crippen molar-refractivity contribution in [2.24, 2.45) is 4.99 Å². The number of rotatable bonds is 4. The quantitative estimate of drug-likeness (QED) is 0.448. The molecule has 0 aliphatic heterocycles. The van der Waals surface area contributed by atoms with Crippen LogP contribution in [0.3, 0.4) is 0 Å². The molecule has 0 atom stereocenters. The van der Waals surface area contributed by atoms with Crippen LogP contribution in [0.15, 0.2) is 17.3 Å². The van der Waals surface area contributed by atoms with Gasteiger partial charge in [-0.2, -0.15) is 0 Å². The first-order valence-electron chi connectivity index (χ1n) is 2.76. The molecule has 0 amide bonds. The molecule has 2 N–H and O–H groups in total. The summed E-state index contributed by atoms with van der Waals surface area (Å²) in [6, 6.07) is 0. The van der Waals surface area contributed by atoms with Gasteiger partial charge in [-0.25, -0.2) is 4.79 Å². The lowest BCUT2D eigenvalue weighted by Gasteiger charge is -1.79. The highest BCUT2D eigenvalue weighted by Gasteiger charge is 1.88. The third-order valence-corrected chi connectivity index (χ3v) is 0.674. The molecule has 0 rings (SSSR count). The maximum Gasteiger partial charge on any atom is 0.329 e. The van der Waals surface area contributed by atoms with Gasteiger partial charge < -0.3 is 10.2 Å². The first-order chi connectivity index (χ1) is 5.13. The van der Waals surface area contributed by atoms with Crippen LogP contribution in [0.1, 0.15) is 6.42 Å². The minimum atomic E-state index is -1.11. The number of hydrogen-bond acceptors (Lipinski definition) is 3. The summed E-state index contributed by atoms with van der Waals surface area (Å²) in [7, 11) is 0. The van der Waals surface area contributed by atoms with Crippen LogP contribution in [-0.4, -0.2) is 28.4 Å². The molecule has 60 valence electrons. The Labute approximate surface area is 62.7 Å². The lowest BCUT2D eigenvalue weighted by molar-refractivity contribution is -0.135. The number of carboxylic acids is 2. The number of nitrogens with zero attached hydrogens (tertiary/aromatic N) is 1. The van der Waals surface area contributed by atoms with Crippen molar-refractivity contribution in [1.82, 2.24) is 0 Å². The third-order valence-electron chi connectivity index (χ3n) is 0.674. The molecule has 0 spiro atoms. The summed E-state index contributed by atoms with van der Waals surface area (Å²) >= 11 is 0. The normalized spacial score (nSPS) is 10.9. The second-order valence-electron chi connectivity index (χ2n) is 1.58. The molecule has 0 aromatic heterocycles. The van der Waals surface area contributed by atoms with Crippen LogP contribution < -0.4 is 0 Å². The van der Waals surface area contributed by atoms with E-state index in [2.05, 4.69) is 4.99 Å². The van der Waals surface area contributed by atoms with Gasteiger partial charge in [0.2, 0.25) is 0 Å². The molecule has 0 bridgehead atoms. The number of aliphatic carboxylic acids is 2. The monoisotopic (exact) mass is 157 g/mol. The summed E-state index contributed by atoms with van der Waals surface area (Å²) < 4.78 is 0. The Bertz CT molecular complexity index is 207. The van der Waals surface area contributed by atoms with Crippen LogP contribution >= 0.6 is 0 Å². The van der Waals surface area contributed by atoms with Crippen LogP contribution in [0.4, 0.5) is 0 Å². The minimum absolute atomic E-state index is 0.204. The predicted octanol–water partition coefficient (Wildman–Crippen LogP) is 0.130. The van der Waals surface area contributed by atoms with Gasteiger partial charge in [-0.15, -0.1) is 0 Å². The fourth-order valence-corrected chi connectivity index (χ4v) is 0.298. The van der Waals surface area contributed by atoms with E-state index in [0.29, 0.717) is 0 Å². The Hall–Kier alpha value is -1.65. The summed E-state index contributed by atoms with van der Waals surface area (Å²) in [6.45, 7) is 0. The van der Waals surface area contributed by atoms with Gasteiger partial charge in [-0.1, -0.05) is 0 Å². The van der Waals surface area contributed by atoms with Crippen LogP contribution in [-0.2, 0) is 9.59 Å². The van der Waals surface area contributed by atoms with Crippen molar-refractivity contribution in [2.45, 2.75) is 6.42 Å². The summed E-state index contributed by atoms with van der Waals surface area (Å²) in [5.41, 5.74) is 0. The summed E-state index contributed by atoms with van der Waals surface area (Å²) in [5.74, 6) is -2.12. The standard InChI is InChI=1S/C6H7NO4/c8-5(9)1-3-7-4-2-6(10)11/h1,3-4H,2H2,(H,8,9)(H,10,11). The van der Waals surface area contributed by atoms with E-state index in [-0.39, 0.29) is 6.42 Å². The van der Waals surface area contributed by atoms with E-state index in [1.54, 1.807) is 0 Å². The van der Waals surface area contributed by atoms with Crippen molar-refractivity contribution in [3.8, 4) is 0 Å². The fourth-order valence-electron chi connectivity index (χ4n) is 0.298. The lowest BCUT2D eigenvalue weighted by atomic mass is 10.5. The maximum absolute atomic E-state index is 9.86. The second-order valence-corrected chi connectivity index (χ2v) is 1.58. The van der Waals surface area contributed by atoms with Crippen molar-refractivity contribution in [3.05, 3.63) is 12.3 Å². The highest BCUT2D eigenvalue weighted by molar-refractivity contribution is 5.85. The molecule has 0 saturated carbocycles. The van der Waals surface area contributed by atoms with Gasteiger partial charge in [0.1, 0.15) is 0 Å². The molecule has 5 nitrogen and oxygen atoms in total. The average molecular weight is 157 g/mol. The highest BCUT2D eigenvalue weighted by atomic mass is 16.4. The Morgan fingerprint density at radius 1 is 1.36 bits per heavy atom. The predicted molar refractivity (Wildman–Crippen MR) is 37.5 cm³/mol. The smallest absolute Gasteiger partial charge is 0.329 e. The van der Waals surface area contributed by atoms with E-state index in [1.807, 2.05) is 0 Å². The average Bonchev–Trinajstić information content (AvgIpc) is 1.85. The fraction of sp³-hybridized carbons (Fsp3) is 0.167. The van der Waals surface area contributed by atoms with Crippen molar-refractivity contribution >= 4 is 18.2 Å². The Balaban J connectivity index is 3.60. The van der Waals surface area contributed by atoms with Crippen LogP contribution in [0.5, 0.6) is 0 Å². The largest absolute Gasteiger partial charge is 0.481 e. The van der Waals surface area contributed by atoms with E-state index < -0.39 is 11.9 Å². The molecule has 11 heavy (non-hydrogen) atoms. The van der Waals surface area contributed by atoms with Crippen molar-refractivity contribution in [3.63, 3.8) is 0 Å². The van der Waals surface area contributed by atoms with E-state index in [1.165, 1.54) is 0 Å². The molecular weight excluding hydrogens is 150 g/mol. The summed E-state index contributed by atoms with van der Waals surface area (Å²) in [6.07, 6.45) is 2.75. The number of aliphatic imine (C=N–C) groups is 1. The van der Waals surface area contributed by atoms with Crippen molar-refractivity contribution in [2.75, 3.05) is 0 Å². The Morgan fingerprint density at radius 3 is 2.45 bits per heavy atom. The van der Waals surface area contributed by atoms with Gasteiger partial charge in [0.15, 0.2) is 0 Å². The topological polar surface area (TPSA) is 87.0 Å². The van der Waals surface area contributed by atoms with E-state index >= 15 is 0 Å². The lowest BCUT2D eigenvalue weighted by Crippen LogP contribution is -1.93. The van der Waals surface area contributed by atoms with E-state index in [4.69, 9.17) is 10.2 Å². The third kappa shape index (κ3) is 8.35. The van der Waals surface area contributed by atoms with Crippen LogP contribution in [0, 0.1) is 0 Å². The van der Waals surface area contributed by atoms with E-state index in [9.17, 15) is 9.59 Å². The molecule has 0 aromatic carbocycles. The van der Waals surface area contributed by atoms with Gasteiger partial charge in [-0.05, 0) is 0 Å². The molecule has 0 aliphatic carbocycles. The molecule has 0 unspecified atom stereocenters. The molecule has 0 aromatic rings. The molecule has 0 aliphatic rings. The van der Waals surface area contributed by atoms with Gasteiger partial charge in [0, 0.05) is 18.5 Å². The zero-order valence-electron chi connectivity index (χ0n) is 5.60. The molecule has 5 heteroatoms. The maximum atomic E-state index is 9.86. The van der Waals surface area contributed by atoms with E-state index in [0.717, 1.165) is 18.5 Å². The first-order valence-corrected chi connectivity index (χ1v) is 2.76. The highest BCUT2D eigenvalue weighted by Crippen LogP contribution is 1.77. The molecule has 0 saturated heterocycles. The summed E-state index contributed by atoms with van der Waals surface area (Å²) in [4.78, 5) is 23.1. The molecule has 0 radical (unpaired) electrons. The van der Waals surface area contributed by atoms with Gasteiger partial charge in [0.25, 0.3) is 0 Å². The van der Waals surface area contributed by atoms with Crippen molar-refractivity contribution in [1.29, 1.82) is 0 Å². The zero-order chi connectivity index (χ0) is 8.69. The minimum Gasteiger partial charge on any atom is -0.481 e. The Kier molecular flexibility index (Phi) is 4.39. The van der Waals surface area contributed by atoms with Crippen LogP contribution in [0.2, 0.25) is 0 Å². The van der Waals surface area contributed by atoms with Gasteiger partial charge in [0.05, 0.1) is 6.42 Å². The van der Waals surface area contributed by atoms with Gasteiger partial charge in [-0.3, -0.25) is 9.79 Å².